The molecule has 1 aromatic rings. The van der Waals surface area contributed by atoms with Crippen LogP contribution in [0.3, 0.4) is 0 Å². The fraction of sp³-hybridized carbons (Fsp3) is 0.462. The van der Waals surface area contributed by atoms with Crippen LogP contribution in [0.15, 0.2) is 69.8 Å². The minimum Gasteiger partial charge on any atom is -0.497 e. The van der Waals surface area contributed by atoms with Crippen molar-refractivity contribution >= 4 is 28.3 Å². The van der Waals surface area contributed by atoms with Crippen LogP contribution in [0.5, 0.6) is 0 Å². The number of halogens is 1. The lowest BCUT2D eigenvalue weighted by molar-refractivity contribution is 0.0801. The summed E-state index contributed by atoms with van der Waals surface area (Å²) in [5, 5.41) is 19.6. The third-order valence-electron chi connectivity index (χ3n) is 6.64. The van der Waals surface area contributed by atoms with Crippen LogP contribution in [0.1, 0.15) is 32.3 Å². The molecule has 1 aliphatic heterocycles. The van der Waals surface area contributed by atoms with Crippen LogP contribution in [0.25, 0.3) is 0 Å². The van der Waals surface area contributed by atoms with Crippen molar-refractivity contribution in [3.8, 4) is 0 Å². The average molecular weight is 547 g/mol. The number of aliphatic hydroxyl groups excluding tert-OH is 1. The molecule has 172 valence electrons. The highest BCUT2D eigenvalue weighted by atomic mass is 127. The molecule has 2 heterocycles. The van der Waals surface area contributed by atoms with E-state index < -0.39 is 6.10 Å². The Labute approximate surface area is 205 Å². The number of nitrogens with one attached hydrogen (secondary N) is 1. The van der Waals surface area contributed by atoms with E-state index in [-0.39, 0.29) is 5.92 Å². The molecule has 1 aromatic heterocycles. The molecule has 0 saturated carbocycles. The van der Waals surface area contributed by atoms with E-state index in [1.54, 1.807) is 19.3 Å². The van der Waals surface area contributed by atoms with E-state index in [0.29, 0.717) is 23.3 Å². The number of ether oxygens (including phenoxy) is 1. The lowest BCUT2D eigenvalue weighted by Crippen LogP contribution is -2.40. The van der Waals surface area contributed by atoms with Gasteiger partial charge in [0.05, 0.1) is 18.9 Å². The Morgan fingerprint density at radius 1 is 1.38 bits per heavy atom. The van der Waals surface area contributed by atoms with Crippen LogP contribution >= 0.6 is 22.6 Å². The molecular formula is C26H34IN3O2. The van der Waals surface area contributed by atoms with Gasteiger partial charge in [-0.2, -0.15) is 0 Å². The summed E-state index contributed by atoms with van der Waals surface area (Å²) >= 11 is 2.17. The topological polar surface area (TPSA) is 69.4 Å². The summed E-state index contributed by atoms with van der Waals surface area (Å²) in [6.45, 7) is 7.59. The Kier molecular flexibility index (Phi) is 9.25. The van der Waals surface area contributed by atoms with Gasteiger partial charge in [-0.1, -0.05) is 36.4 Å². The van der Waals surface area contributed by atoms with Crippen molar-refractivity contribution < 1.29 is 9.84 Å². The number of methoxy groups -OCH3 is 1. The fourth-order valence-electron chi connectivity index (χ4n) is 4.74. The molecule has 1 saturated heterocycles. The number of aromatic nitrogens is 1. The summed E-state index contributed by atoms with van der Waals surface area (Å²) in [6, 6.07) is 4.18. The Bertz CT molecular complexity index is 907. The highest BCUT2D eigenvalue weighted by Crippen LogP contribution is 2.33. The number of piperidine rings is 1. The number of hydrogen-bond donors (Lipinski definition) is 2. The van der Waals surface area contributed by atoms with E-state index in [1.165, 1.54) is 5.56 Å². The summed E-state index contributed by atoms with van der Waals surface area (Å²) in [5.41, 5.74) is 3.23. The summed E-state index contributed by atoms with van der Waals surface area (Å²) in [5.74, 6) is 1.96. The van der Waals surface area contributed by atoms with Gasteiger partial charge in [0.1, 0.15) is 5.76 Å². The zero-order valence-corrected chi connectivity index (χ0v) is 21.3. The lowest BCUT2D eigenvalue weighted by Gasteiger charge is -2.38. The van der Waals surface area contributed by atoms with Crippen molar-refractivity contribution in [3.05, 3.63) is 75.4 Å². The van der Waals surface area contributed by atoms with E-state index >= 15 is 0 Å². The maximum atomic E-state index is 11.3. The molecule has 3 rings (SSSR count). The Morgan fingerprint density at radius 3 is 2.78 bits per heavy atom. The van der Waals surface area contributed by atoms with Gasteiger partial charge in [-0.15, -0.1) is 0 Å². The molecule has 2 N–H and O–H groups in total. The first-order valence-corrected chi connectivity index (χ1v) is 12.5. The Balaban J connectivity index is 1.66. The second kappa shape index (κ2) is 11.9. The number of pyridine rings is 1. The summed E-state index contributed by atoms with van der Waals surface area (Å²) in [6.07, 6.45) is 12.5. The van der Waals surface area contributed by atoms with Crippen LogP contribution in [0.2, 0.25) is 0 Å². The van der Waals surface area contributed by atoms with E-state index in [1.807, 2.05) is 28.6 Å². The van der Waals surface area contributed by atoms with Gasteiger partial charge < -0.3 is 15.3 Å². The third kappa shape index (κ3) is 6.39. The molecular weight excluding hydrogens is 513 g/mol. The molecule has 0 radical (unpaired) electrons. The minimum absolute atomic E-state index is 0.0994. The predicted molar refractivity (Wildman–Crippen MR) is 139 cm³/mol. The van der Waals surface area contributed by atoms with Crippen LogP contribution in [-0.4, -0.2) is 47.0 Å². The molecule has 1 fully saturated rings. The maximum Gasteiger partial charge on any atom is 0.119 e. The standard InChI is InChI=1S/C26H34IN3O2/c1-18(26(31)23(6-10-27)24-15-22(32-3)4-5-25(24)28)14-21-9-13-30(16-19(21)2)17-20-7-11-29-12-8-20/h4-8,10-12,15,18-19,21,26,28,31H,9,13-14,16-17H2,1-3H3/b10-6-,24-23+,28-25?. The number of nitrogens with zero attached hydrogens (tertiary/aromatic N) is 2. The van der Waals surface area contributed by atoms with Gasteiger partial charge in [0, 0.05) is 31.1 Å². The van der Waals surface area contributed by atoms with Gasteiger partial charge in [0.15, 0.2) is 0 Å². The van der Waals surface area contributed by atoms with Crippen molar-refractivity contribution in [2.75, 3.05) is 20.2 Å². The first kappa shape index (κ1) is 24.9. The molecule has 0 amide bonds. The molecule has 6 heteroatoms. The zero-order valence-electron chi connectivity index (χ0n) is 19.2. The molecule has 1 aliphatic carbocycles. The molecule has 2 aliphatic rings. The summed E-state index contributed by atoms with van der Waals surface area (Å²) in [4.78, 5) is 6.64. The Hall–Kier alpha value is -1.77. The first-order valence-electron chi connectivity index (χ1n) is 11.3. The van der Waals surface area contributed by atoms with E-state index in [9.17, 15) is 5.11 Å². The smallest absolute Gasteiger partial charge is 0.119 e. The fourth-order valence-corrected chi connectivity index (χ4v) is 5.13. The van der Waals surface area contributed by atoms with Crippen molar-refractivity contribution in [1.29, 1.82) is 5.41 Å². The van der Waals surface area contributed by atoms with Gasteiger partial charge in [-0.25, -0.2) is 0 Å². The van der Waals surface area contributed by atoms with Crippen molar-refractivity contribution in [1.82, 2.24) is 9.88 Å². The predicted octanol–water partition coefficient (Wildman–Crippen LogP) is 5.29. The Morgan fingerprint density at radius 2 is 2.12 bits per heavy atom. The lowest BCUT2D eigenvalue weighted by atomic mass is 9.77. The summed E-state index contributed by atoms with van der Waals surface area (Å²) < 4.78 is 7.26. The minimum atomic E-state index is -0.626. The van der Waals surface area contributed by atoms with E-state index in [4.69, 9.17) is 10.1 Å². The third-order valence-corrected chi connectivity index (χ3v) is 6.99. The van der Waals surface area contributed by atoms with Crippen LogP contribution in [0, 0.1) is 23.2 Å². The molecule has 0 aromatic carbocycles. The highest BCUT2D eigenvalue weighted by molar-refractivity contribution is 14.1. The van der Waals surface area contributed by atoms with E-state index in [0.717, 1.165) is 43.6 Å². The molecule has 5 nitrogen and oxygen atoms in total. The van der Waals surface area contributed by atoms with Crippen LogP contribution in [-0.2, 0) is 11.3 Å². The van der Waals surface area contributed by atoms with E-state index in [2.05, 4.69) is 58.5 Å². The normalized spacial score (nSPS) is 25.5. The molecule has 0 bridgehead atoms. The largest absolute Gasteiger partial charge is 0.497 e. The van der Waals surface area contributed by atoms with Crippen LogP contribution in [0.4, 0.5) is 0 Å². The molecule has 4 unspecified atom stereocenters. The van der Waals surface area contributed by atoms with Gasteiger partial charge in [0.2, 0.25) is 0 Å². The van der Waals surface area contributed by atoms with Gasteiger partial charge in [-0.3, -0.25) is 9.88 Å². The second-order valence-corrected chi connectivity index (χ2v) is 9.65. The van der Waals surface area contributed by atoms with Crippen molar-refractivity contribution in [3.63, 3.8) is 0 Å². The summed E-state index contributed by atoms with van der Waals surface area (Å²) in [7, 11) is 1.62. The SMILES string of the molecule is COC1=C/C(=C(/C=C\I)C(O)C(C)CC2CCN(Cc3ccncc3)CC2C)C(=N)C=C1. The van der Waals surface area contributed by atoms with Crippen molar-refractivity contribution in [2.45, 2.75) is 39.3 Å². The maximum absolute atomic E-state index is 11.3. The quantitative estimate of drug-likeness (QED) is 0.434. The molecule has 32 heavy (non-hydrogen) atoms. The monoisotopic (exact) mass is 547 g/mol. The van der Waals surface area contributed by atoms with Gasteiger partial charge in [0.25, 0.3) is 0 Å². The number of rotatable bonds is 8. The van der Waals surface area contributed by atoms with Gasteiger partial charge in [-0.05, 0) is 88.8 Å². The zero-order chi connectivity index (χ0) is 23.1. The highest BCUT2D eigenvalue weighted by Gasteiger charge is 2.30. The average Bonchev–Trinajstić information content (AvgIpc) is 2.80. The molecule has 4 atom stereocenters. The van der Waals surface area contributed by atoms with Crippen LogP contribution < -0.4 is 0 Å². The second-order valence-electron chi connectivity index (χ2n) is 8.93. The number of likely N-dealkylation sites (tertiary alicyclic amines) is 1. The first-order chi connectivity index (χ1) is 15.4. The number of allylic oxidation sites excluding steroid dienone is 4. The van der Waals surface area contributed by atoms with Crippen molar-refractivity contribution in [2.24, 2.45) is 17.8 Å². The number of hydrogen-bond acceptors (Lipinski definition) is 5. The number of aliphatic hydroxyl groups is 1. The molecule has 0 spiro atoms. The van der Waals surface area contributed by atoms with Gasteiger partial charge >= 0.3 is 0 Å².